The quantitative estimate of drug-likeness (QED) is 0.647. The van der Waals surface area contributed by atoms with Crippen LogP contribution >= 0.6 is 0 Å². The second-order valence-corrected chi connectivity index (χ2v) is 4.80. The summed E-state index contributed by atoms with van der Waals surface area (Å²) in [5.41, 5.74) is 1.84. The fourth-order valence-corrected chi connectivity index (χ4v) is 2.13. The molecule has 0 saturated carbocycles. The van der Waals surface area contributed by atoms with Gasteiger partial charge in [0.15, 0.2) is 11.6 Å². The second-order valence-electron chi connectivity index (χ2n) is 4.80. The van der Waals surface area contributed by atoms with Crippen molar-refractivity contribution in [3.63, 3.8) is 0 Å². The van der Waals surface area contributed by atoms with Crippen LogP contribution in [0.1, 0.15) is 12.0 Å². The van der Waals surface area contributed by atoms with Crippen LogP contribution in [0.25, 0.3) is 11.1 Å². The van der Waals surface area contributed by atoms with Gasteiger partial charge in [-0.15, -0.1) is 6.58 Å². The third kappa shape index (κ3) is 3.70. The Hall–Kier alpha value is -2.23. The summed E-state index contributed by atoms with van der Waals surface area (Å²) < 4.78 is 44.9. The highest BCUT2D eigenvalue weighted by atomic mass is 19.2. The number of hydrogen-bond donors (Lipinski definition) is 0. The molecule has 2 aromatic rings. The maximum absolute atomic E-state index is 14.1. The Morgan fingerprint density at radius 2 is 1.73 bits per heavy atom. The number of halogens is 3. The van der Waals surface area contributed by atoms with Crippen LogP contribution in [0.15, 0.2) is 49.1 Å². The van der Waals surface area contributed by atoms with E-state index in [2.05, 4.69) is 6.58 Å². The van der Waals surface area contributed by atoms with E-state index in [0.717, 1.165) is 18.4 Å². The lowest BCUT2D eigenvalue weighted by atomic mass is 10.0. The number of aryl methyl sites for hydroxylation is 1. The molecule has 4 heteroatoms. The summed E-state index contributed by atoms with van der Waals surface area (Å²) in [6, 6.07) is 10.0. The molecule has 22 heavy (non-hydrogen) atoms. The third-order valence-corrected chi connectivity index (χ3v) is 3.28. The zero-order chi connectivity index (χ0) is 15.9. The highest BCUT2D eigenvalue weighted by molar-refractivity contribution is 5.65. The number of hydrogen-bond acceptors (Lipinski definition) is 1. The van der Waals surface area contributed by atoms with Gasteiger partial charge in [0.2, 0.25) is 5.82 Å². The van der Waals surface area contributed by atoms with Crippen LogP contribution in [0.5, 0.6) is 5.75 Å². The molecular weight excluding hydrogens is 289 g/mol. The predicted octanol–water partition coefficient (Wildman–Crippen LogP) is 5.10. The lowest BCUT2D eigenvalue weighted by Gasteiger charge is -2.10. The monoisotopic (exact) mass is 306 g/mol. The topological polar surface area (TPSA) is 9.23 Å². The molecule has 116 valence electrons. The molecule has 2 aromatic carbocycles. The van der Waals surface area contributed by atoms with Crippen LogP contribution in [0.4, 0.5) is 13.2 Å². The molecular formula is C18H17F3O. The molecule has 0 fully saturated rings. The first-order chi connectivity index (χ1) is 10.7. The van der Waals surface area contributed by atoms with Crippen molar-refractivity contribution in [3.05, 3.63) is 66.3 Å². The van der Waals surface area contributed by atoms with E-state index in [1.165, 1.54) is 12.1 Å². The third-order valence-electron chi connectivity index (χ3n) is 3.28. The smallest absolute Gasteiger partial charge is 0.201 e. The molecule has 0 radical (unpaired) electrons. The zero-order valence-electron chi connectivity index (χ0n) is 12.1. The van der Waals surface area contributed by atoms with E-state index in [1.807, 2.05) is 18.2 Å². The van der Waals surface area contributed by atoms with Gasteiger partial charge < -0.3 is 4.74 Å². The largest absolute Gasteiger partial charge is 0.488 e. The molecule has 0 aliphatic heterocycles. The van der Waals surface area contributed by atoms with Gasteiger partial charge in [-0.3, -0.25) is 0 Å². The van der Waals surface area contributed by atoms with Crippen molar-refractivity contribution in [3.8, 4) is 16.9 Å². The van der Waals surface area contributed by atoms with Crippen molar-refractivity contribution in [1.29, 1.82) is 0 Å². The molecule has 0 saturated heterocycles. The van der Waals surface area contributed by atoms with Gasteiger partial charge in [0.1, 0.15) is 13.3 Å². The lowest BCUT2D eigenvalue weighted by molar-refractivity contribution is 0.259. The summed E-state index contributed by atoms with van der Waals surface area (Å²) in [5.74, 6) is -2.36. The molecule has 0 atom stereocenters. The van der Waals surface area contributed by atoms with Crippen LogP contribution in [0.3, 0.4) is 0 Å². The van der Waals surface area contributed by atoms with Gasteiger partial charge in [-0.1, -0.05) is 30.3 Å². The van der Waals surface area contributed by atoms with Gasteiger partial charge in [0, 0.05) is 5.56 Å². The van der Waals surface area contributed by atoms with Crippen LogP contribution in [0, 0.1) is 11.6 Å². The zero-order valence-corrected chi connectivity index (χ0v) is 12.1. The average molecular weight is 306 g/mol. The summed E-state index contributed by atoms with van der Waals surface area (Å²) in [4.78, 5) is 0. The number of alkyl halides is 1. The van der Waals surface area contributed by atoms with Crippen molar-refractivity contribution in [1.82, 2.24) is 0 Å². The van der Waals surface area contributed by atoms with E-state index in [4.69, 9.17) is 4.74 Å². The molecule has 2 rings (SSSR count). The van der Waals surface area contributed by atoms with Crippen LogP contribution in [-0.2, 0) is 6.42 Å². The van der Waals surface area contributed by atoms with Gasteiger partial charge >= 0.3 is 0 Å². The van der Waals surface area contributed by atoms with E-state index in [0.29, 0.717) is 5.56 Å². The molecule has 0 heterocycles. The summed E-state index contributed by atoms with van der Waals surface area (Å²) in [5, 5.41) is 0. The van der Waals surface area contributed by atoms with Crippen molar-refractivity contribution in [2.75, 3.05) is 13.3 Å². The standard InChI is InChI=1S/C18H17F3O/c1-2-3-4-13-5-7-14(8-6-13)15-9-10-16(22-12-11-19)18(21)17(15)20/h2,5-10H,1,3-4,11-12H2. The molecule has 0 amide bonds. The number of allylic oxidation sites excluding steroid dienone is 1. The summed E-state index contributed by atoms with van der Waals surface area (Å²) in [7, 11) is 0. The Balaban J connectivity index is 2.25. The Morgan fingerprint density at radius 1 is 1.00 bits per heavy atom. The first kappa shape index (κ1) is 16.1. The Labute approximate surface area is 128 Å². The minimum Gasteiger partial charge on any atom is -0.488 e. The van der Waals surface area contributed by atoms with Crippen LogP contribution in [0.2, 0.25) is 0 Å². The molecule has 0 aliphatic rings. The van der Waals surface area contributed by atoms with Gasteiger partial charge in [-0.25, -0.2) is 8.78 Å². The Kier molecular flexibility index (Phi) is 5.64. The Morgan fingerprint density at radius 3 is 2.36 bits per heavy atom. The first-order valence-corrected chi connectivity index (χ1v) is 7.04. The fraction of sp³-hybridized carbons (Fsp3) is 0.222. The van der Waals surface area contributed by atoms with Crippen molar-refractivity contribution >= 4 is 0 Å². The van der Waals surface area contributed by atoms with Gasteiger partial charge in [-0.05, 0) is 36.1 Å². The average Bonchev–Trinajstić information content (AvgIpc) is 2.55. The maximum atomic E-state index is 14.1. The number of rotatable bonds is 7. The van der Waals surface area contributed by atoms with Crippen LogP contribution in [-0.4, -0.2) is 13.3 Å². The van der Waals surface area contributed by atoms with Gasteiger partial charge in [0.25, 0.3) is 0 Å². The molecule has 0 spiro atoms. The minimum absolute atomic E-state index is 0.153. The summed E-state index contributed by atoms with van der Waals surface area (Å²) >= 11 is 0. The van der Waals surface area contributed by atoms with Crippen molar-refractivity contribution in [2.24, 2.45) is 0 Å². The van der Waals surface area contributed by atoms with Crippen molar-refractivity contribution in [2.45, 2.75) is 12.8 Å². The highest BCUT2D eigenvalue weighted by Crippen LogP contribution is 2.30. The molecule has 0 unspecified atom stereocenters. The molecule has 1 nitrogen and oxygen atoms in total. The molecule has 0 N–H and O–H groups in total. The van der Waals surface area contributed by atoms with E-state index < -0.39 is 18.3 Å². The molecule has 0 aliphatic carbocycles. The fourth-order valence-electron chi connectivity index (χ4n) is 2.13. The maximum Gasteiger partial charge on any atom is 0.201 e. The highest BCUT2D eigenvalue weighted by Gasteiger charge is 2.15. The van der Waals surface area contributed by atoms with Gasteiger partial charge in [0.05, 0.1) is 0 Å². The minimum atomic E-state index is -1.10. The van der Waals surface area contributed by atoms with E-state index in [-0.39, 0.29) is 17.9 Å². The lowest BCUT2D eigenvalue weighted by Crippen LogP contribution is -2.02. The van der Waals surface area contributed by atoms with Crippen molar-refractivity contribution < 1.29 is 17.9 Å². The molecule has 0 aromatic heterocycles. The van der Waals surface area contributed by atoms with E-state index in [1.54, 1.807) is 12.1 Å². The van der Waals surface area contributed by atoms with Gasteiger partial charge in [-0.2, -0.15) is 4.39 Å². The summed E-state index contributed by atoms with van der Waals surface area (Å²) in [6.45, 7) is 2.61. The van der Waals surface area contributed by atoms with E-state index >= 15 is 0 Å². The van der Waals surface area contributed by atoms with Crippen LogP contribution < -0.4 is 4.74 Å². The normalized spacial score (nSPS) is 10.5. The SMILES string of the molecule is C=CCCc1ccc(-c2ccc(OCCF)c(F)c2F)cc1. The Bertz CT molecular complexity index is 636. The number of benzene rings is 2. The predicted molar refractivity (Wildman–Crippen MR) is 81.8 cm³/mol. The molecule has 0 bridgehead atoms. The summed E-state index contributed by atoms with van der Waals surface area (Å²) in [6.07, 6.45) is 3.55. The van der Waals surface area contributed by atoms with E-state index in [9.17, 15) is 13.2 Å². The first-order valence-electron chi connectivity index (χ1n) is 7.04. The number of ether oxygens (including phenoxy) is 1. The second kappa shape index (κ2) is 7.69.